The van der Waals surface area contributed by atoms with E-state index in [1.54, 1.807) is 0 Å². The number of ether oxygens (including phenoxy) is 1. The molecule has 0 heterocycles. The highest BCUT2D eigenvalue weighted by atomic mass is 16.5. The molecule has 0 radical (unpaired) electrons. The van der Waals surface area contributed by atoms with Gasteiger partial charge in [-0.1, -0.05) is 13.3 Å². The molecule has 3 nitrogen and oxygen atoms in total. The summed E-state index contributed by atoms with van der Waals surface area (Å²) in [5.41, 5.74) is 0. The molecule has 0 fully saturated rings. The van der Waals surface area contributed by atoms with Gasteiger partial charge in [-0.3, -0.25) is 0 Å². The van der Waals surface area contributed by atoms with E-state index in [2.05, 4.69) is 12.2 Å². The zero-order valence-electron chi connectivity index (χ0n) is 10.1. The van der Waals surface area contributed by atoms with Crippen LogP contribution >= 0.6 is 0 Å². The summed E-state index contributed by atoms with van der Waals surface area (Å²) < 4.78 is 5.45. The second kappa shape index (κ2) is 13.9. The molecule has 0 unspecified atom stereocenters. The van der Waals surface area contributed by atoms with Gasteiger partial charge in [0, 0.05) is 19.8 Å². The van der Waals surface area contributed by atoms with Crippen LogP contribution in [0.3, 0.4) is 0 Å². The van der Waals surface area contributed by atoms with Crippen molar-refractivity contribution < 1.29 is 9.84 Å². The van der Waals surface area contributed by atoms with Gasteiger partial charge in [0.1, 0.15) is 0 Å². The lowest BCUT2D eigenvalue weighted by Gasteiger charge is -2.05. The largest absolute Gasteiger partial charge is 0.396 e. The molecule has 0 aromatic heterocycles. The molecule has 92 valence electrons. The Bertz CT molecular complexity index is 97.8. The molecule has 0 aromatic carbocycles. The Labute approximate surface area is 94.2 Å². The van der Waals surface area contributed by atoms with E-state index in [9.17, 15) is 0 Å². The maximum absolute atomic E-state index is 8.57. The molecule has 0 aliphatic carbocycles. The second-order valence-corrected chi connectivity index (χ2v) is 3.85. The van der Waals surface area contributed by atoms with Gasteiger partial charge in [-0.05, 0) is 45.2 Å². The molecule has 0 saturated carbocycles. The Kier molecular flexibility index (Phi) is 13.8. The van der Waals surface area contributed by atoms with E-state index in [0.717, 1.165) is 52.0 Å². The molecule has 0 saturated heterocycles. The molecule has 0 spiro atoms. The van der Waals surface area contributed by atoms with Crippen molar-refractivity contribution in [1.29, 1.82) is 0 Å². The lowest BCUT2D eigenvalue weighted by Crippen LogP contribution is -2.18. The van der Waals surface area contributed by atoms with Crippen molar-refractivity contribution >= 4 is 0 Å². The molecule has 2 N–H and O–H groups in total. The summed E-state index contributed by atoms with van der Waals surface area (Å²) in [6.45, 7) is 6.40. The minimum atomic E-state index is 0.325. The SMILES string of the molecule is CCCCOCCCNCCCCCO. The van der Waals surface area contributed by atoms with Gasteiger partial charge in [0.15, 0.2) is 0 Å². The molecule has 0 aliphatic heterocycles. The minimum Gasteiger partial charge on any atom is -0.396 e. The van der Waals surface area contributed by atoms with Crippen molar-refractivity contribution in [2.24, 2.45) is 0 Å². The van der Waals surface area contributed by atoms with Crippen molar-refractivity contribution in [3.63, 3.8) is 0 Å². The zero-order chi connectivity index (χ0) is 11.2. The normalized spacial score (nSPS) is 10.8. The minimum absolute atomic E-state index is 0.325. The summed E-state index contributed by atoms with van der Waals surface area (Å²) in [5.74, 6) is 0. The summed E-state index contributed by atoms with van der Waals surface area (Å²) in [6.07, 6.45) is 6.71. The quantitative estimate of drug-likeness (QED) is 0.491. The monoisotopic (exact) mass is 217 g/mol. The fourth-order valence-electron chi connectivity index (χ4n) is 1.31. The van der Waals surface area contributed by atoms with Crippen LogP contribution in [0.15, 0.2) is 0 Å². The van der Waals surface area contributed by atoms with Gasteiger partial charge >= 0.3 is 0 Å². The molecule has 0 aliphatic rings. The van der Waals surface area contributed by atoms with Crippen LogP contribution in [-0.4, -0.2) is 38.0 Å². The van der Waals surface area contributed by atoms with Crippen LogP contribution in [0.1, 0.15) is 45.4 Å². The maximum Gasteiger partial charge on any atom is 0.0478 e. The van der Waals surface area contributed by atoms with Gasteiger partial charge in [0.2, 0.25) is 0 Å². The van der Waals surface area contributed by atoms with Gasteiger partial charge < -0.3 is 15.2 Å². The predicted molar refractivity (Wildman–Crippen MR) is 64.2 cm³/mol. The van der Waals surface area contributed by atoms with Gasteiger partial charge in [-0.15, -0.1) is 0 Å². The van der Waals surface area contributed by atoms with Gasteiger partial charge in [-0.25, -0.2) is 0 Å². The van der Waals surface area contributed by atoms with Crippen molar-refractivity contribution in [2.45, 2.75) is 45.4 Å². The summed E-state index contributed by atoms with van der Waals surface area (Å²) in [4.78, 5) is 0. The number of nitrogens with one attached hydrogen (secondary N) is 1. The Morgan fingerprint density at radius 3 is 2.40 bits per heavy atom. The first-order valence-corrected chi connectivity index (χ1v) is 6.31. The van der Waals surface area contributed by atoms with E-state index in [1.807, 2.05) is 0 Å². The summed E-state index contributed by atoms with van der Waals surface area (Å²) in [7, 11) is 0. The van der Waals surface area contributed by atoms with Crippen LogP contribution in [-0.2, 0) is 4.74 Å². The fourth-order valence-corrected chi connectivity index (χ4v) is 1.31. The van der Waals surface area contributed by atoms with E-state index in [-0.39, 0.29) is 0 Å². The van der Waals surface area contributed by atoms with E-state index < -0.39 is 0 Å². The van der Waals surface area contributed by atoms with Crippen molar-refractivity contribution in [3.05, 3.63) is 0 Å². The summed E-state index contributed by atoms with van der Waals surface area (Å²) in [6, 6.07) is 0. The molecule has 15 heavy (non-hydrogen) atoms. The number of aliphatic hydroxyl groups excluding tert-OH is 1. The lowest BCUT2D eigenvalue weighted by atomic mass is 10.2. The first-order chi connectivity index (χ1) is 7.41. The van der Waals surface area contributed by atoms with E-state index in [4.69, 9.17) is 9.84 Å². The van der Waals surface area contributed by atoms with Crippen LogP contribution in [0.4, 0.5) is 0 Å². The fraction of sp³-hybridized carbons (Fsp3) is 1.00. The highest BCUT2D eigenvalue weighted by Crippen LogP contribution is 1.92. The van der Waals surface area contributed by atoms with Gasteiger partial charge in [0.05, 0.1) is 0 Å². The molecule has 3 heteroatoms. The predicted octanol–water partition coefficient (Wildman–Crippen LogP) is 1.95. The van der Waals surface area contributed by atoms with Crippen LogP contribution in [0.25, 0.3) is 0 Å². The molecular weight excluding hydrogens is 190 g/mol. The maximum atomic E-state index is 8.57. The number of unbranched alkanes of at least 4 members (excludes halogenated alkanes) is 3. The average Bonchev–Trinajstić information content (AvgIpc) is 2.26. The number of aliphatic hydroxyl groups is 1. The summed E-state index contributed by atoms with van der Waals surface area (Å²) >= 11 is 0. The Balaban J connectivity index is 2.81. The first kappa shape index (κ1) is 14.9. The van der Waals surface area contributed by atoms with E-state index in [0.29, 0.717) is 6.61 Å². The molecular formula is C12H27NO2. The van der Waals surface area contributed by atoms with Crippen molar-refractivity contribution in [2.75, 3.05) is 32.9 Å². The molecule has 0 rings (SSSR count). The highest BCUT2D eigenvalue weighted by molar-refractivity contribution is 4.49. The second-order valence-electron chi connectivity index (χ2n) is 3.85. The molecule has 0 bridgehead atoms. The Hall–Kier alpha value is -0.120. The van der Waals surface area contributed by atoms with Crippen LogP contribution in [0.5, 0.6) is 0 Å². The van der Waals surface area contributed by atoms with E-state index in [1.165, 1.54) is 12.8 Å². The molecule has 0 atom stereocenters. The third-order valence-electron chi connectivity index (χ3n) is 2.30. The van der Waals surface area contributed by atoms with Gasteiger partial charge in [-0.2, -0.15) is 0 Å². The van der Waals surface area contributed by atoms with Crippen LogP contribution in [0, 0.1) is 0 Å². The zero-order valence-corrected chi connectivity index (χ0v) is 10.1. The third kappa shape index (κ3) is 13.9. The lowest BCUT2D eigenvalue weighted by molar-refractivity contribution is 0.129. The van der Waals surface area contributed by atoms with Crippen molar-refractivity contribution in [3.8, 4) is 0 Å². The standard InChI is InChI=1S/C12H27NO2/c1-2-3-11-15-12-7-9-13-8-5-4-6-10-14/h13-14H,2-12H2,1H3. The van der Waals surface area contributed by atoms with Crippen LogP contribution < -0.4 is 5.32 Å². The first-order valence-electron chi connectivity index (χ1n) is 6.31. The Morgan fingerprint density at radius 2 is 1.67 bits per heavy atom. The smallest absolute Gasteiger partial charge is 0.0478 e. The molecule has 0 amide bonds. The highest BCUT2D eigenvalue weighted by Gasteiger charge is 1.90. The molecule has 0 aromatic rings. The number of hydrogen-bond donors (Lipinski definition) is 2. The average molecular weight is 217 g/mol. The number of rotatable bonds is 12. The third-order valence-corrected chi connectivity index (χ3v) is 2.30. The van der Waals surface area contributed by atoms with Crippen LogP contribution in [0.2, 0.25) is 0 Å². The Morgan fingerprint density at radius 1 is 0.933 bits per heavy atom. The topological polar surface area (TPSA) is 41.5 Å². The van der Waals surface area contributed by atoms with E-state index >= 15 is 0 Å². The summed E-state index contributed by atoms with van der Waals surface area (Å²) in [5, 5.41) is 11.9. The number of hydrogen-bond acceptors (Lipinski definition) is 3. The van der Waals surface area contributed by atoms with Gasteiger partial charge in [0.25, 0.3) is 0 Å². The van der Waals surface area contributed by atoms with Crippen molar-refractivity contribution in [1.82, 2.24) is 5.32 Å².